The van der Waals surface area contributed by atoms with Crippen LogP contribution in [0.1, 0.15) is 25.7 Å². The highest BCUT2D eigenvalue weighted by atomic mass is 16.5. The van der Waals surface area contributed by atoms with Crippen LogP contribution in [-0.2, 0) is 9.47 Å². The fraction of sp³-hybridized carbons (Fsp3) is 1.00. The Bertz CT molecular complexity index is 142. The summed E-state index contributed by atoms with van der Waals surface area (Å²) in [5.41, 5.74) is 0. The zero-order chi connectivity index (χ0) is 9.80. The van der Waals surface area contributed by atoms with Gasteiger partial charge in [0.15, 0.2) is 0 Å². The molecule has 2 rings (SSSR count). The van der Waals surface area contributed by atoms with Crippen molar-refractivity contribution in [3.05, 3.63) is 0 Å². The summed E-state index contributed by atoms with van der Waals surface area (Å²) < 4.78 is 10.7. The minimum atomic E-state index is -0.167. The van der Waals surface area contributed by atoms with Gasteiger partial charge in [-0.1, -0.05) is 0 Å². The summed E-state index contributed by atoms with van der Waals surface area (Å²) in [5.74, 6) is 0.808. The van der Waals surface area contributed by atoms with Crippen LogP contribution < -0.4 is 0 Å². The Kier molecular flexibility index (Phi) is 3.79. The Hall–Kier alpha value is -0.120. The molecule has 2 saturated heterocycles. The third-order valence-electron chi connectivity index (χ3n) is 3.43. The molecule has 0 radical (unpaired) electrons. The topological polar surface area (TPSA) is 38.7 Å². The summed E-state index contributed by atoms with van der Waals surface area (Å²) in [6.07, 6.45) is 4.08. The fourth-order valence-corrected chi connectivity index (χ4v) is 2.48. The van der Waals surface area contributed by atoms with E-state index < -0.39 is 0 Å². The lowest BCUT2D eigenvalue weighted by Crippen LogP contribution is -2.37. The standard InChI is InChI=1S/C11H20O3/c12-11(9-3-6-13-7-4-9)10-2-1-5-14-8-10/h9-12H,1-8H2. The van der Waals surface area contributed by atoms with Crippen LogP contribution in [0.15, 0.2) is 0 Å². The maximum atomic E-state index is 10.2. The molecular weight excluding hydrogens is 180 g/mol. The Morgan fingerprint density at radius 2 is 1.71 bits per heavy atom. The van der Waals surface area contributed by atoms with E-state index in [4.69, 9.17) is 9.47 Å². The molecule has 2 aliphatic heterocycles. The second-order valence-electron chi connectivity index (χ2n) is 4.42. The number of rotatable bonds is 2. The Morgan fingerprint density at radius 1 is 0.929 bits per heavy atom. The smallest absolute Gasteiger partial charge is 0.0620 e. The van der Waals surface area contributed by atoms with Crippen LogP contribution in [0.3, 0.4) is 0 Å². The second kappa shape index (κ2) is 5.10. The third kappa shape index (κ3) is 2.47. The van der Waals surface area contributed by atoms with E-state index >= 15 is 0 Å². The van der Waals surface area contributed by atoms with Crippen molar-refractivity contribution >= 4 is 0 Å². The highest BCUT2D eigenvalue weighted by Crippen LogP contribution is 2.28. The number of aliphatic hydroxyl groups is 1. The van der Waals surface area contributed by atoms with Gasteiger partial charge in [0.1, 0.15) is 0 Å². The average Bonchev–Trinajstić information content (AvgIpc) is 2.30. The van der Waals surface area contributed by atoms with Gasteiger partial charge in [-0.15, -0.1) is 0 Å². The number of hydrogen-bond acceptors (Lipinski definition) is 3. The largest absolute Gasteiger partial charge is 0.392 e. The molecule has 14 heavy (non-hydrogen) atoms. The summed E-state index contributed by atoms with van der Waals surface area (Å²) in [7, 11) is 0. The lowest BCUT2D eigenvalue weighted by atomic mass is 9.83. The van der Waals surface area contributed by atoms with Gasteiger partial charge < -0.3 is 14.6 Å². The fourth-order valence-electron chi connectivity index (χ4n) is 2.48. The molecule has 0 amide bonds. The summed E-state index contributed by atoms with van der Waals surface area (Å²) in [6.45, 7) is 3.25. The Morgan fingerprint density at radius 3 is 2.36 bits per heavy atom. The second-order valence-corrected chi connectivity index (χ2v) is 4.42. The van der Waals surface area contributed by atoms with E-state index in [0.717, 1.165) is 52.1 Å². The van der Waals surface area contributed by atoms with Crippen LogP contribution in [0.4, 0.5) is 0 Å². The van der Waals surface area contributed by atoms with E-state index in [-0.39, 0.29) is 6.10 Å². The van der Waals surface area contributed by atoms with Gasteiger partial charge >= 0.3 is 0 Å². The van der Waals surface area contributed by atoms with Crippen molar-refractivity contribution in [3.63, 3.8) is 0 Å². The molecule has 0 saturated carbocycles. The Balaban J connectivity index is 1.82. The predicted molar refractivity (Wildman–Crippen MR) is 53.1 cm³/mol. The van der Waals surface area contributed by atoms with Crippen LogP contribution in [0.5, 0.6) is 0 Å². The molecule has 82 valence electrons. The maximum Gasteiger partial charge on any atom is 0.0620 e. The molecule has 1 N–H and O–H groups in total. The monoisotopic (exact) mass is 200 g/mol. The van der Waals surface area contributed by atoms with Gasteiger partial charge in [-0.3, -0.25) is 0 Å². The van der Waals surface area contributed by atoms with Crippen LogP contribution in [-0.4, -0.2) is 37.6 Å². The molecule has 3 nitrogen and oxygen atoms in total. The minimum absolute atomic E-state index is 0.167. The van der Waals surface area contributed by atoms with Crippen molar-refractivity contribution in [1.82, 2.24) is 0 Å². The van der Waals surface area contributed by atoms with Gasteiger partial charge in [0.25, 0.3) is 0 Å². The summed E-state index contributed by atoms with van der Waals surface area (Å²) in [6, 6.07) is 0. The van der Waals surface area contributed by atoms with E-state index in [1.165, 1.54) is 0 Å². The van der Waals surface area contributed by atoms with Gasteiger partial charge in [-0.25, -0.2) is 0 Å². The summed E-state index contributed by atoms with van der Waals surface area (Å²) in [5, 5.41) is 10.2. The first-order chi connectivity index (χ1) is 6.88. The highest BCUT2D eigenvalue weighted by Gasteiger charge is 2.30. The van der Waals surface area contributed by atoms with E-state index in [2.05, 4.69) is 0 Å². The highest BCUT2D eigenvalue weighted by molar-refractivity contribution is 4.79. The van der Waals surface area contributed by atoms with Gasteiger partial charge in [0, 0.05) is 25.7 Å². The molecule has 2 atom stereocenters. The molecule has 3 heteroatoms. The van der Waals surface area contributed by atoms with Crippen LogP contribution >= 0.6 is 0 Å². The number of hydrogen-bond donors (Lipinski definition) is 1. The molecule has 0 bridgehead atoms. The van der Waals surface area contributed by atoms with E-state index in [1.807, 2.05) is 0 Å². The van der Waals surface area contributed by atoms with Crippen molar-refractivity contribution in [2.24, 2.45) is 11.8 Å². The Labute approximate surface area is 85.4 Å². The SMILES string of the molecule is OC(C1CCOCC1)C1CCCOC1. The first-order valence-corrected chi connectivity index (χ1v) is 5.71. The van der Waals surface area contributed by atoms with Gasteiger partial charge in [0.05, 0.1) is 12.7 Å². The van der Waals surface area contributed by atoms with Gasteiger partial charge in [0.2, 0.25) is 0 Å². The van der Waals surface area contributed by atoms with Crippen molar-refractivity contribution in [1.29, 1.82) is 0 Å². The molecule has 0 aromatic heterocycles. The number of aliphatic hydroxyl groups excluding tert-OH is 1. The summed E-state index contributed by atoms with van der Waals surface area (Å²) in [4.78, 5) is 0. The van der Waals surface area contributed by atoms with E-state index in [1.54, 1.807) is 0 Å². The molecule has 0 aromatic carbocycles. The molecular formula is C11H20O3. The molecule has 2 aliphatic rings. The van der Waals surface area contributed by atoms with Gasteiger partial charge in [-0.05, 0) is 31.6 Å². The first-order valence-electron chi connectivity index (χ1n) is 5.71. The minimum Gasteiger partial charge on any atom is -0.392 e. The predicted octanol–water partition coefficient (Wildman–Crippen LogP) is 1.20. The zero-order valence-corrected chi connectivity index (χ0v) is 8.65. The normalized spacial score (nSPS) is 32.8. The maximum absolute atomic E-state index is 10.2. The van der Waals surface area contributed by atoms with Crippen molar-refractivity contribution in [2.45, 2.75) is 31.8 Å². The summed E-state index contributed by atoms with van der Waals surface area (Å²) >= 11 is 0. The van der Waals surface area contributed by atoms with Crippen LogP contribution in [0.2, 0.25) is 0 Å². The quantitative estimate of drug-likeness (QED) is 0.728. The van der Waals surface area contributed by atoms with E-state index in [0.29, 0.717) is 11.8 Å². The first kappa shape index (κ1) is 10.4. The van der Waals surface area contributed by atoms with E-state index in [9.17, 15) is 5.11 Å². The van der Waals surface area contributed by atoms with Crippen LogP contribution in [0, 0.1) is 11.8 Å². The molecule has 0 aromatic rings. The third-order valence-corrected chi connectivity index (χ3v) is 3.43. The molecule has 0 aliphatic carbocycles. The average molecular weight is 200 g/mol. The van der Waals surface area contributed by atoms with Crippen molar-refractivity contribution in [3.8, 4) is 0 Å². The molecule has 0 spiro atoms. The van der Waals surface area contributed by atoms with Crippen LogP contribution in [0.25, 0.3) is 0 Å². The zero-order valence-electron chi connectivity index (χ0n) is 8.65. The van der Waals surface area contributed by atoms with Gasteiger partial charge in [-0.2, -0.15) is 0 Å². The number of ether oxygens (including phenoxy) is 2. The lowest BCUT2D eigenvalue weighted by Gasteiger charge is -2.34. The van der Waals surface area contributed by atoms with Crippen molar-refractivity contribution in [2.75, 3.05) is 26.4 Å². The lowest BCUT2D eigenvalue weighted by molar-refractivity contribution is -0.0590. The van der Waals surface area contributed by atoms with Crippen molar-refractivity contribution < 1.29 is 14.6 Å². The molecule has 2 unspecified atom stereocenters. The molecule has 2 fully saturated rings. The molecule has 2 heterocycles.